The molecule has 0 unspecified atom stereocenters. The van der Waals surface area contributed by atoms with Gasteiger partial charge in [-0.3, -0.25) is 19.2 Å². The van der Waals surface area contributed by atoms with Gasteiger partial charge in [-0.15, -0.1) is 0 Å². The average Bonchev–Trinajstić information content (AvgIpc) is 3.58. The van der Waals surface area contributed by atoms with Crippen LogP contribution in [0.15, 0.2) is 77.7 Å². The van der Waals surface area contributed by atoms with Gasteiger partial charge in [-0.25, -0.2) is 8.78 Å². The van der Waals surface area contributed by atoms with Crippen LogP contribution in [0.5, 0.6) is 0 Å². The van der Waals surface area contributed by atoms with Crippen molar-refractivity contribution in [3.63, 3.8) is 0 Å². The lowest BCUT2D eigenvalue weighted by Gasteiger charge is -2.29. The number of benzene rings is 2. The highest BCUT2D eigenvalue weighted by molar-refractivity contribution is 6.12. The minimum absolute atomic E-state index is 0.0212. The lowest BCUT2D eigenvalue weighted by Crippen LogP contribution is -2.35. The summed E-state index contributed by atoms with van der Waals surface area (Å²) in [7, 11) is 0. The summed E-state index contributed by atoms with van der Waals surface area (Å²) in [6, 6.07) is 10.1. The summed E-state index contributed by atoms with van der Waals surface area (Å²) >= 11 is 0. The number of aromatic nitrogens is 2. The Kier molecular flexibility index (Phi) is 7.47. The molecule has 1 aromatic heterocycles. The molecule has 7 nitrogen and oxygen atoms in total. The number of fused-ring (bicyclic) bond motifs is 1. The Morgan fingerprint density at radius 2 is 1.80 bits per heavy atom. The molecule has 0 saturated carbocycles. The molecular weight excluding hydrogens is 526 g/mol. The second kappa shape index (κ2) is 11.3. The smallest absolute Gasteiger partial charge is 0.255 e. The summed E-state index contributed by atoms with van der Waals surface area (Å²) < 4.78 is 28.2. The van der Waals surface area contributed by atoms with Gasteiger partial charge in [0.15, 0.2) is 17.4 Å². The Balaban J connectivity index is 1.12. The molecule has 3 aliphatic rings. The maximum Gasteiger partial charge on any atom is 0.255 e. The number of aliphatic hydroxyl groups is 1. The van der Waals surface area contributed by atoms with E-state index in [0.717, 1.165) is 61.3 Å². The van der Waals surface area contributed by atoms with Crippen LogP contribution in [0.3, 0.4) is 0 Å². The number of aliphatic hydroxyl groups excluding tert-OH is 1. The first-order chi connectivity index (χ1) is 19.8. The summed E-state index contributed by atoms with van der Waals surface area (Å²) in [5.74, 6) is -2.21. The number of rotatable bonds is 7. The van der Waals surface area contributed by atoms with Crippen molar-refractivity contribution in [1.29, 1.82) is 0 Å². The van der Waals surface area contributed by atoms with Crippen LogP contribution in [-0.4, -0.2) is 50.7 Å². The predicted octanol–water partition coefficient (Wildman–Crippen LogP) is 4.57. The number of carbonyl (C=O) groups excluding carboxylic acids is 2. The largest absolute Gasteiger partial charge is 0.393 e. The number of amides is 1. The molecule has 2 aromatic carbocycles. The zero-order valence-electron chi connectivity index (χ0n) is 22.4. The number of Topliss-reactive ketones (excluding diaryl/α,β-unsaturated/α-hetero) is 1. The van der Waals surface area contributed by atoms with Gasteiger partial charge < -0.3 is 10.4 Å². The quantitative estimate of drug-likeness (QED) is 0.445. The van der Waals surface area contributed by atoms with Crippen LogP contribution in [0, 0.1) is 11.6 Å². The first-order valence-electron chi connectivity index (χ1n) is 13.8. The Hall–Kier alpha value is -4.21. The zero-order valence-corrected chi connectivity index (χ0v) is 22.4. The van der Waals surface area contributed by atoms with Crippen molar-refractivity contribution < 1.29 is 23.5 Å². The molecule has 3 aromatic rings. The van der Waals surface area contributed by atoms with Gasteiger partial charge in [0, 0.05) is 43.4 Å². The van der Waals surface area contributed by atoms with E-state index in [-0.39, 0.29) is 30.8 Å². The third-order valence-corrected chi connectivity index (χ3v) is 7.82. The highest BCUT2D eigenvalue weighted by Gasteiger charge is 2.25. The summed E-state index contributed by atoms with van der Waals surface area (Å²) in [5.41, 5.74) is 6.29. The molecule has 1 amide bonds. The van der Waals surface area contributed by atoms with Gasteiger partial charge in [-0.2, -0.15) is 5.10 Å². The molecule has 6 rings (SSSR count). The van der Waals surface area contributed by atoms with Crippen molar-refractivity contribution >= 4 is 23.5 Å². The van der Waals surface area contributed by atoms with E-state index in [2.05, 4.69) is 33.5 Å². The van der Waals surface area contributed by atoms with E-state index in [1.165, 1.54) is 22.5 Å². The van der Waals surface area contributed by atoms with Crippen molar-refractivity contribution in [3.05, 3.63) is 112 Å². The topological polar surface area (TPSA) is 87.5 Å². The van der Waals surface area contributed by atoms with Crippen molar-refractivity contribution in [3.8, 4) is 0 Å². The summed E-state index contributed by atoms with van der Waals surface area (Å²) in [4.78, 5) is 28.3. The van der Waals surface area contributed by atoms with Gasteiger partial charge in [-0.1, -0.05) is 36.4 Å². The number of nitrogens with zero attached hydrogens (tertiary/aromatic N) is 3. The first kappa shape index (κ1) is 27.0. The fourth-order valence-corrected chi connectivity index (χ4v) is 5.57. The summed E-state index contributed by atoms with van der Waals surface area (Å²) in [6.07, 6.45) is 10.6. The van der Waals surface area contributed by atoms with Crippen molar-refractivity contribution in [2.45, 2.75) is 44.9 Å². The number of hydrogen-bond donors (Lipinski definition) is 2. The molecule has 2 heterocycles. The van der Waals surface area contributed by atoms with E-state index >= 15 is 0 Å². The fourth-order valence-electron chi connectivity index (χ4n) is 5.57. The summed E-state index contributed by atoms with van der Waals surface area (Å²) in [6.45, 7) is 2.81. The van der Waals surface area contributed by atoms with Gasteiger partial charge in [0.25, 0.3) is 5.91 Å². The molecule has 41 heavy (non-hydrogen) atoms. The first-order valence-corrected chi connectivity index (χ1v) is 13.8. The van der Waals surface area contributed by atoms with Gasteiger partial charge >= 0.3 is 0 Å². The average molecular weight is 557 g/mol. The van der Waals surface area contributed by atoms with Crippen molar-refractivity contribution in [2.24, 2.45) is 0 Å². The lowest BCUT2D eigenvalue weighted by molar-refractivity contribution is -0.114. The molecule has 0 atom stereocenters. The van der Waals surface area contributed by atoms with E-state index in [4.69, 9.17) is 0 Å². The third-order valence-electron chi connectivity index (χ3n) is 7.82. The van der Waals surface area contributed by atoms with Crippen molar-refractivity contribution in [1.82, 2.24) is 14.7 Å². The molecular formula is C32H30F2N4O3. The number of hydrogen-bond acceptors (Lipinski definition) is 5. The molecule has 1 fully saturated rings. The third kappa shape index (κ3) is 6.11. The number of ketones is 1. The van der Waals surface area contributed by atoms with E-state index in [1.807, 2.05) is 6.08 Å². The van der Waals surface area contributed by atoms with E-state index < -0.39 is 11.6 Å². The molecule has 0 bridgehead atoms. The van der Waals surface area contributed by atoms with Crippen LogP contribution in [0.2, 0.25) is 0 Å². The minimum atomic E-state index is -0.926. The second-order valence-electron chi connectivity index (χ2n) is 10.9. The van der Waals surface area contributed by atoms with E-state index in [1.54, 1.807) is 18.3 Å². The normalized spacial score (nSPS) is 17.6. The second-order valence-corrected chi connectivity index (χ2v) is 10.9. The number of anilines is 1. The van der Waals surface area contributed by atoms with Crippen molar-refractivity contribution in [2.75, 3.05) is 18.4 Å². The number of allylic oxidation sites excluding steroid dienone is 3. The summed E-state index contributed by atoms with van der Waals surface area (Å²) in [5, 5.41) is 16.8. The van der Waals surface area contributed by atoms with E-state index in [9.17, 15) is 23.5 Å². The Labute approximate surface area is 236 Å². The molecule has 0 radical (unpaired) electrons. The van der Waals surface area contributed by atoms with Crippen LogP contribution in [0.4, 0.5) is 14.5 Å². The number of likely N-dealkylation sites (tertiary alicyclic amines) is 1. The van der Waals surface area contributed by atoms with Gasteiger partial charge in [0.1, 0.15) is 0 Å². The minimum Gasteiger partial charge on any atom is -0.393 e. The number of piperidine rings is 1. The monoisotopic (exact) mass is 556 g/mol. The Bertz CT molecular complexity index is 1610. The maximum atomic E-state index is 13.5. The molecule has 2 aliphatic carbocycles. The van der Waals surface area contributed by atoms with Crippen LogP contribution in [0.1, 0.15) is 41.5 Å². The molecule has 9 heteroatoms. The van der Waals surface area contributed by atoms with Crippen LogP contribution in [0.25, 0.3) is 6.08 Å². The number of carbonyl (C=O) groups is 2. The van der Waals surface area contributed by atoms with Gasteiger partial charge in [0.05, 0.1) is 24.5 Å². The highest BCUT2D eigenvalue weighted by atomic mass is 19.2. The number of nitrogens with one attached hydrogen (secondary N) is 1. The Morgan fingerprint density at radius 1 is 1.02 bits per heavy atom. The Morgan fingerprint density at radius 3 is 2.61 bits per heavy atom. The highest BCUT2D eigenvalue weighted by Crippen LogP contribution is 2.33. The lowest BCUT2D eigenvalue weighted by atomic mass is 9.91. The maximum absolute atomic E-state index is 13.5. The molecule has 1 saturated heterocycles. The van der Waals surface area contributed by atoms with Crippen LogP contribution < -0.4 is 5.32 Å². The number of halogens is 2. The van der Waals surface area contributed by atoms with Crippen LogP contribution in [-0.2, 0) is 29.1 Å². The SMILES string of the molecule is O=C1CC=C(C(=O)Nc2cnn(Cc3ccc(F)c(F)c3)c2)C=C1C1=Cc2cc(CN3CCC(O)CC3)ccc2C1. The molecule has 2 N–H and O–H groups in total. The van der Waals surface area contributed by atoms with Crippen LogP contribution >= 0.6 is 0 Å². The van der Waals surface area contributed by atoms with E-state index in [0.29, 0.717) is 28.8 Å². The molecule has 0 spiro atoms. The zero-order chi connectivity index (χ0) is 28.5. The van der Waals surface area contributed by atoms with Gasteiger partial charge in [-0.05, 0) is 65.3 Å². The fraction of sp³-hybridized carbons (Fsp3) is 0.281. The van der Waals surface area contributed by atoms with Gasteiger partial charge in [0.2, 0.25) is 0 Å². The standard InChI is InChI=1S/C32H30F2N4O3/c33-29-5-2-21(12-30(29)34)18-38-19-26(16-35-38)36-32(41)23-4-6-31(40)28(15-23)25-13-22-3-1-20(11-24(22)14-25)17-37-9-7-27(39)8-10-37/h1-5,11-12,14-16,19,27,39H,6-10,13,17-18H2,(H,36,41). The predicted molar refractivity (Wildman–Crippen MR) is 151 cm³/mol. The molecule has 210 valence electrons. The molecule has 1 aliphatic heterocycles.